The van der Waals surface area contributed by atoms with Gasteiger partial charge in [0, 0.05) is 12.7 Å². The molecule has 4 nitrogen and oxygen atoms in total. The van der Waals surface area contributed by atoms with Gasteiger partial charge in [-0.3, -0.25) is 4.79 Å². The molecule has 0 radical (unpaired) electrons. The maximum atomic E-state index is 12.3. The average molecular weight is 384 g/mol. The standard InChI is InChI=1S/C18H23BF2O4S/c1-12(22)26-11-14(19-24-17(2,3)18(4,5)25-19)10-13-6-8-15(9-7-13)23-16(20)21/h6-10,16H,11H2,1-5H3. The second-order valence-corrected chi connectivity index (χ2v) is 8.19. The minimum Gasteiger partial charge on any atom is -0.435 e. The lowest BCUT2D eigenvalue weighted by molar-refractivity contribution is -0.109. The van der Waals surface area contributed by atoms with E-state index in [4.69, 9.17) is 9.31 Å². The first-order valence-corrected chi connectivity index (χ1v) is 9.23. The summed E-state index contributed by atoms with van der Waals surface area (Å²) in [6.45, 7) is 6.48. The van der Waals surface area contributed by atoms with E-state index < -0.39 is 24.9 Å². The molecule has 1 saturated heterocycles. The molecule has 0 amide bonds. The van der Waals surface area contributed by atoms with Gasteiger partial charge in [-0.05, 0) is 50.9 Å². The highest BCUT2D eigenvalue weighted by molar-refractivity contribution is 8.13. The number of rotatable bonds is 6. The van der Waals surface area contributed by atoms with E-state index in [1.165, 1.54) is 30.8 Å². The molecule has 1 aromatic carbocycles. The minimum atomic E-state index is -2.86. The molecule has 26 heavy (non-hydrogen) atoms. The van der Waals surface area contributed by atoms with Gasteiger partial charge in [0.05, 0.1) is 11.2 Å². The third-order valence-electron chi connectivity index (χ3n) is 4.46. The summed E-state index contributed by atoms with van der Waals surface area (Å²) in [5.41, 5.74) is 0.589. The summed E-state index contributed by atoms with van der Waals surface area (Å²) >= 11 is 1.17. The Kier molecular flexibility index (Phi) is 6.53. The molecule has 1 fully saturated rings. The fourth-order valence-electron chi connectivity index (χ4n) is 2.32. The zero-order valence-corrected chi connectivity index (χ0v) is 16.4. The average Bonchev–Trinajstić information content (AvgIpc) is 2.72. The molecular weight excluding hydrogens is 361 g/mol. The molecule has 1 aliphatic heterocycles. The van der Waals surface area contributed by atoms with Gasteiger partial charge in [-0.1, -0.05) is 30.0 Å². The Morgan fingerprint density at radius 2 is 1.73 bits per heavy atom. The number of hydrogen-bond acceptors (Lipinski definition) is 5. The van der Waals surface area contributed by atoms with Crippen LogP contribution in [0.3, 0.4) is 0 Å². The number of alkyl halides is 2. The Morgan fingerprint density at radius 1 is 1.19 bits per heavy atom. The van der Waals surface area contributed by atoms with Crippen molar-refractivity contribution in [3.05, 3.63) is 35.3 Å². The normalized spacial score (nSPS) is 19.1. The van der Waals surface area contributed by atoms with Gasteiger partial charge >= 0.3 is 13.7 Å². The topological polar surface area (TPSA) is 44.8 Å². The molecule has 1 heterocycles. The number of benzene rings is 1. The van der Waals surface area contributed by atoms with E-state index in [1.54, 1.807) is 12.1 Å². The molecule has 0 aliphatic carbocycles. The zero-order chi connectivity index (χ0) is 19.5. The van der Waals surface area contributed by atoms with Gasteiger partial charge in [-0.25, -0.2) is 0 Å². The highest BCUT2D eigenvalue weighted by Gasteiger charge is 2.52. The number of ether oxygens (including phenoxy) is 1. The summed E-state index contributed by atoms with van der Waals surface area (Å²) in [5.74, 6) is 0.508. The largest absolute Gasteiger partial charge is 0.491 e. The second-order valence-electron chi connectivity index (χ2n) is 7.04. The van der Waals surface area contributed by atoms with E-state index in [0.717, 1.165) is 11.0 Å². The van der Waals surface area contributed by atoms with Crippen LogP contribution in [0.5, 0.6) is 5.75 Å². The van der Waals surface area contributed by atoms with Crippen LogP contribution in [0.2, 0.25) is 0 Å². The molecule has 142 valence electrons. The van der Waals surface area contributed by atoms with Crippen molar-refractivity contribution >= 4 is 30.1 Å². The fourth-order valence-corrected chi connectivity index (χ4v) is 2.91. The van der Waals surface area contributed by atoms with Crippen LogP contribution < -0.4 is 4.74 Å². The first kappa shape index (κ1) is 20.9. The number of carbonyl (C=O) groups is 1. The maximum absolute atomic E-state index is 12.3. The van der Waals surface area contributed by atoms with Crippen molar-refractivity contribution < 1.29 is 27.6 Å². The number of carbonyl (C=O) groups excluding carboxylic acids is 1. The van der Waals surface area contributed by atoms with E-state index >= 15 is 0 Å². The predicted molar refractivity (Wildman–Crippen MR) is 100 cm³/mol. The lowest BCUT2D eigenvalue weighted by Crippen LogP contribution is -2.41. The van der Waals surface area contributed by atoms with Crippen LogP contribution in [0, 0.1) is 0 Å². The van der Waals surface area contributed by atoms with Crippen molar-refractivity contribution in [2.45, 2.75) is 52.4 Å². The molecule has 2 rings (SSSR count). The molecular formula is C18H23BF2O4S. The molecule has 8 heteroatoms. The summed E-state index contributed by atoms with van der Waals surface area (Å²) in [6, 6.07) is 6.28. The van der Waals surface area contributed by atoms with Gasteiger partial charge in [0.1, 0.15) is 5.75 Å². The summed E-state index contributed by atoms with van der Waals surface area (Å²) < 4.78 is 41.0. The van der Waals surface area contributed by atoms with Crippen LogP contribution in [-0.2, 0) is 14.1 Å². The van der Waals surface area contributed by atoms with Gasteiger partial charge in [0.2, 0.25) is 0 Å². The SMILES string of the molecule is CC(=O)SCC(=Cc1ccc(OC(F)F)cc1)B1OC(C)(C)C(C)(C)O1. The van der Waals surface area contributed by atoms with Crippen molar-refractivity contribution in [3.63, 3.8) is 0 Å². The van der Waals surface area contributed by atoms with E-state index in [-0.39, 0.29) is 10.9 Å². The first-order chi connectivity index (χ1) is 12.0. The summed E-state index contributed by atoms with van der Waals surface area (Å²) in [7, 11) is -0.580. The van der Waals surface area contributed by atoms with Crippen LogP contribution in [0.25, 0.3) is 6.08 Å². The van der Waals surface area contributed by atoms with Gasteiger partial charge < -0.3 is 14.0 Å². The highest BCUT2D eigenvalue weighted by atomic mass is 32.2. The Morgan fingerprint density at radius 3 is 2.19 bits per heavy atom. The van der Waals surface area contributed by atoms with Crippen LogP contribution in [0.1, 0.15) is 40.2 Å². The Hall–Kier alpha value is -1.38. The van der Waals surface area contributed by atoms with Crippen LogP contribution in [0.4, 0.5) is 8.78 Å². The third kappa shape index (κ3) is 5.31. The van der Waals surface area contributed by atoms with Crippen molar-refractivity contribution in [1.29, 1.82) is 0 Å². The summed E-state index contributed by atoms with van der Waals surface area (Å²) in [6.07, 6.45) is 1.85. The Balaban J connectivity index is 2.24. The quantitative estimate of drug-likeness (QED) is 0.672. The van der Waals surface area contributed by atoms with E-state index in [1.807, 2.05) is 33.8 Å². The van der Waals surface area contributed by atoms with Crippen molar-refractivity contribution in [2.24, 2.45) is 0 Å². The van der Waals surface area contributed by atoms with Crippen molar-refractivity contribution in [2.75, 3.05) is 5.75 Å². The van der Waals surface area contributed by atoms with E-state index in [2.05, 4.69) is 4.74 Å². The van der Waals surface area contributed by atoms with Gasteiger partial charge in [-0.15, -0.1) is 0 Å². The molecule has 1 aromatic rings. The highest BCUT2D eigenvalue weighted by Crippen LogP contribution is 2.39. The van der Waals surface area contributed by atoms with Gasteiger partial charge in [0.25, 0.3) is 0 Å². The number of thioether (sulfide) groups is 1. The predicted octanol–water partition coefficient (Wildman–Crippen LogP) is 4.58. The monoisotopic (exact) mass is 384 g/mol. The van der Waals surface area contributed by atoms with Crippen LogP contribution >= 0.6 is 11.8 Å². The lowest BCUT2D eigenvalue weighted by Gasteiger charge is -2.32. The van der Waals surface area contributed by atoms with Crippen molar-refractivity contribution in [1.82, 2.24) is 0 Å². The molecule has 0 unspecified atom stereocenters. The first-order valence-electron chi connectivity index (χ1n) is 8.24. The van der Waals surface area contributed by atoms with Gasteiger partial charge in [0.15, 0.2) is 5.12 Å². The number of hydrogen-bond donors (Lipinski definition) is 0. The number of halogens is 2. The summed E-state index contributed by atoms with van der Waals surface area (Å²) in [5, 5.41) is -0.00639. The van der Waals surface area contributed by atoms with Gasteiger partial charge in [-0.2, -0.15) is 8.78 Å². The maximum Gasteiger partial charge on any atom is 0.491 e. The Bertz CT molecular complexity index is 658. The molecule has 0 bridgehead atoms. The Labute approximate surface area is 157 Å². The second kappa shape index (κ2) is 8.11. The molecule has 0 N–H and O–H groups in total. The van der Waals surface area contributed by atoms with E-state index in [9.17, 15) is 13.6 Å². The van der Waals surface area contributed by atoms with Crippen LogP contribution in [0.15, 0.2) is 29.7 Å². The molecule has 0 spiro atoms. The van der Waals surface area contributed by atoms with Crippen LogP contribution in [-0.4, -0.2) is 35.8 Å². The minimum absolute atomic E-state index is 0.00639. The van der Waals surface area contributed by atoms with E-state index in [0.29, 0.717) is 5.75 Å². The van der Waals surface area contributed by atoms with Crippen molar-refractivity contribution in [3.8, 4) is 5.75 Å². The molecule has 0 atom stereocenters. The molecule has 0 aromatic heterocycles. The summed E-state index contributed by atoms with van der Waals surface area (Å²) in [4.78, 5) is 11.4. The smallest absolute Gasteiger partial charge is 0.435 e. The fraction of sp³-hybridized carbons (Fsp3) is 0.500. The zero-order valence-electron chi connectivity index (χ0n) is 15.5. The molecule has 0 saturated carbocycles. The third-order valence-corrected chi connectivity index (χ3v) is 5.34. The lowest BCUT2D eigenvalue weighted by atomic mass is 9.78. The molecule has 1 aliphatic rings.